The van der Waals surface area contributed by atoms with Gasteiger partial charge in [-0.1, -0.05) is 0 Å². The number of ether oxygens (including phenoxy) is 3. The van der Waals surface area contributed by atoms with Crippen molar-refractivity contribution >= 4 is 11.7 Å². The summed E-state index contributed by atoms with van der Waals surface area (Å²) in [6, 6.07) is 7.30. The Morgan fingerprint density at radius 2 is 1.78 bits per heavy atom. The Morgan fingerprint density at radius 3 is 2.30 bits per heavy atom. The van der Waals surface area contributed by atoms with Crippen LogP contribution in [-0.4, -0.2) is 38.0 Å². The second-order valence-electron chi connectivity index (χ2n) is 5.32. The normalized spacial score (nSPS) is 10.9. The van der Waals surface area contributed by atoms with Gasteiger partial charge in [-0.25, -0.2) is 9.78 Å². The molecule has 1 heterocycles. The fourth-order valence-corrected chi connectivity index (χ4v) is 2.02. The van der Waals surface area contributed by atoms with Gasteiger partial charge in [0.1, 0.15) is 11.5 Å². The first kappa shape index (κ1) is 20.1. The maximum atomic E-state index is 12.1. The molecule has 0 aliphatic carbocycles. The summed E-state index contributed by atoms with van der Waals surface area (Å²) in [6.45, 7) is -1.23. The van der Waals surface area contributed by atoms with Gasteiger partial charge < -0.3 is 24.8 Å². The van der Waals surface area contributed by atoms with Gasteiger partial charge in [0.15, 0.2) is 6.61 Å². The van der Waals surface area contributed by atoms with Crippen LogP contribution >= 0.6 is 0 Å². The Kier molecular flexibility index (Phi) is 6.69. The number of nitrogens with zero attached hydrogens (tertiary/aromatic N) is 1. The average molecular weight is 385 g/mol. The fraction of sp³-hybridized carbons (Fsp3) is 0.294. The molecule has 0 saturated heterocycles. The predicted octanol–water partition coefficient (Wildman–Crippen LogP) is 3.36. The van der Waals surface area contributed by atoms with Crippen molar-refractivity contribution in [2.45, 2.75) is 12.7 Å². The van der Waals surface area contributed by atoms with Crippen LogP contribution in [0.3, 0.4) is 0 Å². The Balaban J connectivity index is 1.87. The Bertz CT molecular complexity index is 745. The highest BCUT2D eigenvalue weighted by atomic mass is 19.4. The molecule has 2 amide bonds. The highest BCUT2D eigenvalue weighted by molar-refractivity contribution is 5.89. The quantitative estimate of drug-likeness (QED) is 0.764. The van der Waals surface area contributed by atoms with E-state index in [1.807, 2.05) is 0 Å². The molecule has 0 radical (unpaired) electrons. The van der Waals surface area contributed by atoms with E-state index in [2.05, 4.69) is 20.4 Å². The van der Waals surface area contributed by atoms with Gasteiger partial charge in [0.05, 0.1) is 26.1 Å². The summed E-state index contributed by atoms with van der Waals surface area (Å²) in [5.41, 5.74) is 1.06. The third kappa shape index (κ3) is 6.92. The first-order valence-electron chi connectivity index (χ1n) is 7.71. The van der Waals surface area contributed by atoms with Crippen molar-refractivity contribution in [3.8, 4) is 17.4 Å². The number of hydrogen-bond donors (Lipinski definition) is 2. The number of carbonyl (C=O) groups excluding carboxylic acids is 1. The largest absolute Gasteiger partial charge is 0.497 e. The summed E-state index contributed by atoms with van der Waals surface area (Å²) in [5, 5.41) is 5.16. The molecule has 7 nitrogen and oxygen atoms in total. The first-order valence-corrected chi connectivity index (χ1v) is 7.71. The molecule has 1 aromatic heterocycles. The van der Waals surface area contributed by atoms with Crippen molar-refractivity contribution in [2.24, 2.45) is 0 Å². The number of pyridine rings is 1. The van der Waals surface area contributed by atoms with E-state index < -0.39 is 18.8 Å². The third-order valence-electron chi connectivity index (χ3n) is 3.24. The molecular formula is C17H18F3N3O4. The number of methoxy groups -OCH3 is 2. The van der Waals surface area contributed by atoms with Crippen molar-refractivity contribution in [1.29, 1.82) is 0 Å². The molecule has 0 atom stereocenters. The summed E-state index contributed by atoms with van der Waals surface area (Å²) < 4.78 is 51.0. The van der Waals surface area contributed by atoms with Crippen molar-refractivity contribution in [2.75, 3.05) is 26.1 Å². The number of carbonyl (C=O) groups is 1. The Hall–Kier alpha value is -3.17. The topological polar surface area (TPSA) is 81.7 Å². The van der Waals surface area contributed by atoms with E-state index >= 15 is 0 Å². The monoisotopic (exact) mass is 385 g/mol. The zero-order valence-corrected chi connectivity index (χ0v) is 14.6. The van der Waals surface area contributed by atoms with Crippen molar-refractivity contribution in [3.05, 3.63) is 42.1 Å². The molecule has 10 heteroatoms. The van der Waals surface area contributed by atoms with E-state index in [9.17, 15) is 18.0 Å². The van der Waals surface area contributed by atoms with E-state index in [1.54, 1.807) is 18.2 Å². The molecule has 0 fully saturated rings. The molecule has 0 unspecified atom stereocenters. The van der Waals surface area contributed by atoms with Crippen molar-refractivity contribution in [1.82, 2.24) is 10.3 Å². The standard InChI is InChI=1S/C17H18F3N3O4/c1-25-13-5-11(6-14(7-13)26-2)8-22-16(24)23-12-3-4-15(21-9-12)27-10-17(18,19)20/h3-7,9H,8,10H2,1-2H3,(H2,22,23,24). The number of hydrogen-bond acceptors (Lipinski definition) is 5. The van der Waals surface area contributed by atoms with Crippen LogP contribution < -0.4 is 24.8 Å². The molecule has 0 aliphatic heterocycles. The minimum Gasteiger partial charge on any atom is -0.497 e. The van der Waals surface area contributed by atoms with Crippen LogP contribution in [0.1, 0.15) is 5.56 Å². The zero-order valence-electron chi connectivity index (χ0n) is 14.6. The molecule has 0 bridgehead atoms. The lowest BCUT2D eigenvalue weighted by Gasteiger charge is -2.11. The number of aromatic nitrogens is 1. The van der Waals surface area contributed by atoms with E-state index in [-0.39, 0.29) is 12.4 Å². The summed E-state index contributed by atoms with van der Waals surface area (Å²) in [7, 11) is 3.04. The highest BCUT2D eigenvalue weighted by Gasteiger charge is 2.28. The lowest BCUT2D eigenvalue weighted by atomic mass is 10.2. The van der Waals surface area contributed by atoms with Gasteiger partial charge in [-0.15, -0.1) is 0 Å². The number of alkyl halides is 3. The molecule has 2 aromatic rings. The Labute approximate surface area is 153 Å². The fourth-order valence-electron chi connectivity index (χ4n) is 2.02. The van der Waals surface area contributed by atoms with E-state index in [4.69, 9.17) is 9.47 Å². The van der Waals surface area contributed by atoms with Gasteiger partial charge in [-0.05, 0) is 23.8 Å². The van der Waals surface area contributed by atoms with E-state index in [0.29, 0.717) is 17.2 Å². The maximum Gasteiger partial charge on any atom is 0.422 e. The number of nitrogens with one attached hydrogen (secondary N) is 2. The summed E-state index contributed by atoms with van der Waals surface area (Å²) in [6.07, 6.45) is -3.25. The molecule has 146 valence electrons. The van der Waals surface area contributed by atoms with Crippen LogP contribution in [-0.2, 0) is 6.54 Å². The van der Waals surface area contributed by atoms with Crippen LogP contribution in [0.5, 0.6) is 17.4 Å². The number of urea groups is 1. The number of rotatable bonds is 7. The SMILES string of the molecule is COc1cc(CNC(=O)Nc2ccc(OCC(F)(F)F)nc2)cc(OC)c1. The predicted molar refractivity (Wildman–Crippen MR) is 91.2 cm³/mol. The molecule has 27 heavy (non-hydrogen) atoms. The highest BCUT2D eigenvalue weighted by Crippen LogP contribution is 2.22. The smallest absolute Gasteiger partial charge is 0.422 e. The van der Waals surface area contributed by atoms with Crippen LogP contribution in [0, 0.1) is 0 Å². The van der Waals surface area contributed by atoms with Gasteiger partial charge in [0, 0.05) is 18.7 Å². The van der Waals surface area contributed by atoms with Gasteiger partial charge in [0.25, 0.3) is 0 Å². The van der Waals surface area contributed by atoms with Gasteiger partial charge in [-0.3, -0.25) is 0 Å². The van der Waals surface area contributed by atoms with Gasteiger partial charge >= 0.3 is 12.2 Å². The zero-order chi connectivity index (χ0) is 19.9. The number of amides is 2. The van der Waals surface area contributed by atoms with E-state index in [0.717, 1.165) is 5.56 Å². The second-order valence-corrected chi connectivity index (χ2v) is 5.32. The van der Waals surface area contributed by atoms with Gasteiger partial charge in [-0.2, -0.15) is 13.2 Å². The van der Waals surface area contributed by atoms with Crippen LogP contribution in [0.15, 0.2) is 36.5 Å². The van der Waals surface area contributed by atoms with Crippen molar-refractivity contribution in [3.63, 3.8) is 0 Å². The summed E-state index contributed by atoms with van der Waals surface area (Å²) in [4.78, 5) is 15.6. The van der Waals surface area contributed by atoms with Crippen LogP contribution in [0.4, 0.5) is 23.7 Å². The second kappa shape index (κ2) is 8.97. The third-order valence-corrected chi connectivity index (χ3v) is 3.24. The first-order chi connectivity index (χ1) is 12.8. The lowest BCUT2D eigenvalue weighted by Crippen LogP contribution is -2.28. The van der Waals surface area contributed by atoms with E-state index in [1.165, 1.54) is 32.5 Å². The molecule has 0 aliphatic rings. The molecule has 0 spiro atoms. The molecule has 2 rings (SSSR count). The number of benzene rings is 1. The maximum absolute atomic E-state index is 12.1. The lowest BCUT2D eigenvalue weighted by molar-refractivity contribution is -0.154. The minimum absolute atomic E-state index is 0.193. The number of anilines is 1. The number of halogens is 3. The van der Waals surface area contributed by atoms with Crippen LogP contribution in [0.2, 0.25) is 0 Å². The van der Waals surface area contributed by atoms with Crippen LogP contribution in [0.25, 0.3) is 0 Å². The summed E-state index contributed by atoms with van der Waals surface area (Å²) in [5.74, 6) is 0.983. The Morgan fingerprint density at radius 1 is 1.11 bits per heavy atom. The van der Waals surface area contributed by atoms with Crippen molar-refractivity contribution < 1.29 is 32.2 Å². The molecular weight excluding hydrogens is 367 g/mol. The van der Waals surface area contributed by atoms with Gasteiger partial charge in [0.2, 0.25) is 5.88 Å². The molecule has 1 aromatic carbocycles. The summed E-state index contributed by atoms with van der Waals surface area (Å²) >= 11 is 0. The molecule has 0 saturated carbocycles. The molecule has 2 N–H and O–H groups in total. The minimum atomic E-state index is -4.44. The average Bonchev–Trinajstić information content (AvgIpc) is 2.65.